The van der Waals surface area contributed by atoms with E-state index in [-0.39, 0.29) is 17.5 Å². The molecule has 0 aliphatic rings. The van der Waals surface area contributed by atoms with Crippen LogP contribution in [0, 0.1) is 10.1 Å². The predicted molar refractivity (Wildman–Crippen MR) is 87.2 cm³/mol. The lowest BCUT2D eigenvalue weighted by atomic mass is 10.0. The Morgan fingerprint density at radius 2 is 1.47 bits per heavy atom. The Bertz CT molecular complexity index is 1110. The Balaban J connectivity index is 2.12. The third kappa shape index (κ3) is 3.97. The van der Waals surface area contributed by atoms with Crippen LogP contribution in [0.4, 0.5) is 32.0 Å². The third-order valence-electron chi connectivity index (χ3n) is 3.87. The molecule has 0 aliphatic carbocycles. The number of nitrogens with one attached hydrogen (secondary N) is 1. The maximum absolute atomic E-state index is 13.0. The Morgan fingerprint density at radius 1 is 0.900 bits per heavy atom. The quantitative estimate of drug-likeness (QED) is 0.241. The predicted octanol–water partition coefficient (Wildman–Crippen LogP) is 4.50. The average Bonchev–Trinajstić information content (AvgIpc) is 3.12. The maximum atomic E-state index is 13.0. The molecule has 0 fully saturated rings. The van der Waals surface area contributed by atoms with Crippen molar-refractivity contribution in [3.05, 3.63) is 51.6 Å². The molecule has 0 aliphatic heterocycles. The van der Waals surface area contributed by atoms with Gasteiger partial charge >= 0.3 is 18.0 Å². The molecule has 158 valence electrons. The van der Waals surface area contributed by atoms with Crippen LogP contribution >= 0.6 is 0 Å². The maximum Gasteiger partial charge on any atom is 0.416 e. The number of benzene rings is 2. The number of aromatic amines is 1. The van der Waals surface area contributed by atoms with E-state index in [1.165, 1.54) is 0 Å². The molecule has 0 radical (unpaired) electrons. The smallest absolute Gasteiger partial charge is 0.416 e. The van der Waals surface area contributed by atoms with Gasteiger partial charge in [-0.3, -0.25) is 15.2 Å². The van der Waals surface area contributed by atoms with Crippen LogP contribution in [0.3, 0.4) is 0 Å². The summed E-state index contributed by atoms with van der Waals surface area (Å²) in [6.07, 6.45) is -10.1. The van der Waals surface area contributed by atoms with Crippen LogP contribution in [0.15, 0.2) is 30.3 Å². The summed E-state index contributed by atoms with van der Waals surface area (Å²) in [5.41, 5.74) is -4.86. The number of nitrogens with zero attached hydrogens (tertiary/aromatic N) is 3. The molecular formula is C16H8F6N4O4. The van der Waals surface area contributed by atoms with Gasteiger partial charge < -0.3 is 10.2 Å². The number of nitro benzene ring substituents is 1. The number of alkyl halides is 6. The molecule has 0 unspecified atom stereocenters. The van der Waals surface area contributed by atoms with Crippen LogP contribution in [-0.4, -0.2) is 30.3 Å². The van der Waals surface area contributed by atoms with Crippen LogP contribution in [0.1, 0.15) is 11.1 Å². The lowest BCUT2D eigenvalue weighted by molar-refractivity contribution is -0.385. The van der Waals surface area contributed by atoms with Crippen molar-refractivity contribution in [2.45, 2.75) is 12.4 Å². The third-order valence-corrected chi connectivity index (χ3v) is 3.87. The van der Waals surface area contributed by atoms with Gasteiger partial charge in [0.05, 0.1) is 16.1 Å². The molecule has 0 atom stereocenters. The normalized spacial score (nSPS) is 12.2. The molecular weight excluding hydrogens is 426 g/mol. The average molecular weight is 434 g/mol. The molecule has 1 heterocycles. The van der Waals surface area contributed by atoms with E-state index in [0.29, 0.717) is 12.1 Å². The van der Waals surface area contributed by atoms with Crippen molar-refractivity contribution in [1.82, 2.24) is 15.2 Å². The van der Waals surface area contributed by atoms with Crippen LogP contribution in [0.5, 0.6) is 11.5 Å². The molecule has 3 aromatic rings. The van der Waals surface area contributed by atoms with E-state index in [1.807, 2.05) is 0 Å². The lowest BCUT2D eigenvalue weighted by Crippen LogP contribution is -2.11. The van der Waals surface area contributed by atoms with E-state index < -0.39 is 57.0 Å². The Labute approximate surface area is 161 Å². The van der Waals surface area contributed by atoms with E-state index in [4.69, 9.17) is 0 Å². The first-order valence-electron chi connectivity index (χ1n) is 7.70. The monoisotopic (exact) mass is 434 g/mol. The molecule has 14 heteroatoms. The topological polar surface area (TPSA) is 125 Å². The highest BCUT2D eigenvalue weighted by Crippen LogP contribution is 2.40. The molecule has 0 spiro atoms. The number of aromatic nitrogens is 3. The Kier molecular flexibility index (Phi) is 4.80. The minimum atomic E-state index is -5.07. The number of phenolic OH excluding ortho intramolecular Hbond substituents is 2. The summed E-state index contributed by atoms with van der Waals surface area (Å²) >= 11 is 0. The first-order valence-corrected chi connectivity index (χ1v) is 7.70. The van der Waals surface area contributed by atoms with Crippen LogP contribution in [0.2, 0.25) is 0 Å². The van der Waals surface area contributed by atoms with Crippen LogP contribution < -0.4 is 0 Å². The van der Waals surface area contributed by atoms with E-state index >= 15 is 0 Å². The van der Waals surface area contributed by atoms with Gasteiger partial charge in [0.2, 0.25) is 5.75 Å². The Hall–Kier alpha value is -3.84. The van der Waals surface area contributed by atoms with Crippen molar-refractivity contribution in [3.8, 4) is 34.3 Å². The number of rotatable bonds is 3. The zero-order valence-electron chi connectivity index (χ0n) is 14.2. The van der Waals surface area contributed by atoms with E-state index in [2.05, 4.69) is 15.2 Å². The highest BCUT2D eigenvalue weighted by Gasteiger charge is 2.37. The Morgan fingerprint density at radius 3 is 1.97 bits per heavy atom. The van der Waals surface area contributed by atoms with Crippen molar-refractivity contribution < 1.29 is 41.5 Å². The summed E-state index contributed by atoms with van der Waals surface area (Å²) in [4.78, 5) is 13.7. The summed E-state index contributed by atoms with van der Waals surface area (Å²) in [6, 6.07) is 2.41. The second-order valence-corrected chi connectivity index (χ2v) is 5.92. The zero-order valence-corrected chi connectivity index (χ0v) is 14.2. The van der Waals surface area contributed by atoms with Gasteiger partial charge in [0.15, 0.2) is 17.4 Å². The van der Waals surface area contributed by atoms with Gasteiger partial charge in [-0.1, -0.05) is 0 Å². The van der Waals surface area contributed by atoms with Gasteiger partial charge in [-0.2, -0.15) is 31.4 Å². The fourth-order valence-corrected chi connectivity index (χ4v) is 2.48. The number of halogens is 6. The molecule has 0 amide bonds. The second-order valence-electron chi connectivity index (χ2n) is 5.92. The van der Waals surface area contributed by atoms with E-state index in [9.17, 15) is 46.7 Å². The molecule has 0 saturated carbocycles. The first kappa shape index (κ1) is 20.9. The molecule has 2 aromatic carbocycles. The first-order chi connectivity index (χ1) is 13.8. The summed E-state index contributed by atoms with van der Waals surface area (Å²) in [5.74, 6) is -2.79. The zero-order chi connectivity index (χ0) is 22.4. The van der Waals surface area contributed by atoms with Gasteiger partial charge in [-0.15, -0.1) is 0 Å². The molecule has 3 rings (SSSR count). The number of aromatic hydroxyl groups is 2. The fraction of sp³-hybridized carbons (Fsp3) is 0.125. The largest absolute Gasteiger partial charge is 0.504 e. The summed E-state index contributed by atoms with van der Waals surface area (Å²) < 4.78 is 78.0. The van der Waals surface area contributed by atoms with Crippen molar-refractivity contribution >= 4 is 5.69 Å². The number of H-pyrrole nitrogens is 1. The lowest BCUT2D eigenvalue weighted by Gasteiger charge is -2.13. The van der Waals surface area contributed by atoms with Gasteiger partial charge in [0, 0.05) is 17.2 Å². The molecule has 30 heavy (non-hydrogen) atoms. The number of hydrogen-bond donors (Lipinski definition) is 3. The minimum absolute atomic E-state index is 0.0571. The standard InChI is InChI=1S/C16H8F6N4O4/c17-15(18,19)8-1-6(2-9(5-8)16(20,21)22)13-23-14(25-24-13)7-3-10(26(29)30)12(28)11(27)4-7/h1-5,27-28H,(H,23,24,25). The summed E-state index contributed by atoms with van der Waals surface area (Å²) in [5, 5.41) is 35.8. The van der Waals surface area contributed by atoms with Crippen molar-refractivity contribution in [2.75, 3.05) is 0 Å². The minimum Gasteiger partial charge on any atom is -0.504 e. The van der Waals surface area contributed by atoms with Crippen molar-refractivity contribution in [2.24, 2.45) is 0 Å². The summed E-state index contributed by atoms with van der Waals surface area (Å²) in [7, 11) is 0. The van der Waals surface area contributed by atoms with Crippen molar-refractivity contribution in [1.29, 1.82) is 0 Å². The molecule has 0 saturated heterocycles. The van der Waals surface area contributed by atoms with E-state index in [0.717, 1.165) is 12.1 Å². The molecule has 3 N–H and O–H groups in total. The highest BCUT2D eigenvalue weighted by atomic mass is 19.4. The second kappa shape index (κ2) is 6.89. The summed E-state index contributed by atoms with van der Waals surface area (Å²) in [6.45, 7) is 0. The molecule has 8 nitrogen and oxygen atoms in total. The van der Waals surface area contributed by atoms with Gasteiger partial charge in [-0.25, -0.2) is 4.98 Å². The number of nitro groups is 1. The number of phenols is 2. The van der Waals surface area contributed by atoms with Gasteiger partial charge in [0.1, 0.15) is 0 Å². The SMILES string of the molecule is O=[N+]([O-])c1cc(-c2nc(-c3cc(C(F)(F)F)cc(C(F)(F)F)c3)n[nH]2)cc(O)c1O. The van der Waals surface area contributed by atoms with Crippen LogP contribution in [-0.2, 0) is 12.4 Å². The molecule has 0 bridgehead atoms. The molecule has 1 aromatic heterocycles. The van der Waals surface area contributed by atoms with Gasteiger partial charge in [-0.05, 0) is 24.3 Å². The van der Waals surface area contributed by atoms with Crippen LogP contribution in [0.25, 0.3) is 22.8 Å². The van der Waals surface area contributed by atoms with Gasteiger partial charge in [0.25, 0.3) is 0 Å². The van der Waals surface area contributed by atoms with Crippen molar-refractivity contribution in [3.63, 3.8) is 0 Å². The fourth-order valence-electron chi connectivity index (χ4n) is 2.48. The highest BCUT2D eigenvalue weighted by molar-refractivity contribution is 5.70. The van der Waals surface area contributed by atoms with E-state index in [1.54, 1.807) is 0 Å². The number of hydrogen-bond acceptors (Lipinski definition) is 6.